The van der Waals surface area contributed by atoms with Gasteiger partial charge < -0.3 is 5.32 Å². The third-order valence-electron chi connectivity index (χ3n) is 2.50. The molecule has 0 fully saturated rings. The van der Waals surface area contributed by atoms with Gasteiger partial charge in [0.15, 0.2) is 11.6 Å². The van der Waals surface area contributed by atoms with Crippen LogP contribution in [0.2, 0.25) is 0 Å². The molecule has 7 heteroatoms. The van der Waals surface area contributed by atoms with Crippen LogP contribution >= 0.6 is 0 Å². The number of benzene rings is 1. The van der Waals surface area contributed by atoms with E-state index in [0.717, 1.165) is 12.1 Å². The Balaban J connectivity index is 1.79. The van der Waals surface area contributed by atoms with Gasteiger partial charge in [-0.25, -0.2) is 13.8 Å². The number of carbonyl (C=O) groups is 1. The largest absolute Gasteiger partial charge is 0.355 e. The van der Waals surface area contributed by atoms with Crippen LogP contribution in [0.25, 0.3) is 0 Å². The third kappa shape index (κ3) is 3.84. The number of aromatic nitrogens is 3. The highest BCUT2D eigenvalue weighted by Crippen LogP contribution is 2.09. The van der Waals surface area contributed by atoms with Gasteiger partial charge in [-0.2, -0.15) is 5.10 Å². The summed E-state index contributed by atoms with van der Waals surface area (Å²) in [6.07, 6.45) is 1.93. The molecule has 1 aromatic heterocycles. The van der Waals surface area contributed by atoms with Gasteiger partial charge in [0.2, 0.25) is 5.91 Å². The van der Waals surface area contributed by atoms with Crippen LogP contribution in [0.4, 0.5) is 8.78 Å². The molecule has 0 bridgehead atoms. The number of carbonyl (C=O) groups excluding carboxylic acids is 1. The summed E-state index contributed by atoms with van der Waals surface area (Å²) >= 11 is 0. The molecule has 0 aliphatic heterocycles. The zero-order valence-electron chi connectivity index (χ0n) is 9.99. The van der Waals surface area contributed by atoms with Gasteiger partial charge in [0.05, 0.1) is 6.42 Å². The molecule has 0 saturated heterocycles. The van der Waals surface area contributed by atoms with E-state index in [2.05, 4.69) is 20.5 Å². The first-order valence-electron chi connectivity index (χ1n) is 5.70. The van der Waals surface area contributed by atoms with E-state index in [4.69, 9.17) is 0 Å². The van der Waals surface area contributed by atoms with Crippen LogP contribution < -0.4 is 5.32 Å². The maximum absolute atomic E-state index is 12.9. The van der Waals surface area contributed by atoms with Crippen LogP contribution in [0.15, 0.2) is 24.5 Å². The highest BCUT2D eigenvalue weighted by molar-refractivity contribution is 5.78. The van der Waals surface area contributed by atoms with Crippen molar-refractivity contribution in [1.29, 1.82) is 0 Å². The first kappa shape index (κ1) is 13.1. The summed E-state index contributed by atoms with van der Waals surface area (Å²) in [4.78, 5) is 15.5. The number of amides is 1. The molecule has 2 rings (SSSR count). The number of hydrogen-bond donors (Lipinski definition) is 2. The summed E-state index contributed by atoms with van der Waals surface area (Å²) in [7, 11) is 0. The Morgan fingerprint density at radius 3 is 2.84 bits per heavy atom. The van der Waals surface area contributed by atoms with Gasteiger partial charge in [-0.05, 0) is 17.7 Å². The summed E-state index contributed by atoms with van der Waals surface area (Å²) < 4.78 is 25.6. The average molecular weight is 266 g/mol. The van der Waals surface area contributed by atoms with E-state index in [-0.39, 0.29) is 12.3 Å². The van der Waals surface area contributed by atoms with E-state index >= 15 is 0 Å². The monoisotopic (exact) mass is 266 g/mol. The lowest BCUT2D eigenvalue weighted by Crippen LogP contribution is -2.27. The minimum Gasteiger partial charge on any atom is -0.355 e. The summed E-state index contributed by atoms with van der Waals surface area (Å²) in [6, 6.07) is 3.41. The van der Waals surface area contributed by atoms with Gasteiger partial charge in [-0.3, -0.25) is 9.89 Å². The topological polar surface area (TPSA) is 70.7 Å². The van der Waals surface area contributed by atoms with E-state index in [1.54, 1.807) is 0 Å². The summed E-state index contributed by atoms with van der Waals surface area (Å²) in [5.74, 6) is -1.46. The van der Waals surface area contributed by atoms with Crippen molar-refractivity contribution < 1.29 is 13.6 Å². The van der Waals surface area contributed by atoms with Gasteiger partial charge in [0, 0.05) is 13.0 Å². The maximum atomic E-state index is 12.9. The molecule has 0 aliphatic rings. The van der Waals surface area contributed by atoms with Crippen molar-refractivity contribution in [3.05, 3.63) is 47.5 Å². The number of halogens is 2. The van der Waals surface area contributed by atoms with Crippen molar-refractivity contribution in [3.8, 4) is 0 Å². The van der Waals surface area contributed by atoms with Crippen LogP contribution in [0.3, 0.4) is 0 Å². The molecular weight excluding hydrogens is 254 g/mol. The summed E-state index contributed by atoms with van der Waals surface area (Å²) in [5, 5.41) is 9.01. The normalized spacial score (nSPS) is 10.4. The minimum absolute atomic E-state index is 0.00754. The molecule has 1 heterocycles. The molecule has 0 radical (unpaired) electrons. The molecule has 19 heavy (non-hydrogen) atoms. The Hall–Kier alpha value is -2.31. The van der Waals surface area contributed by atoms with Crippen molar-refractivity contribution in [1.82, 2.24) is 20.5 Å². The van der Waals surface area contributed by atoms with Gasteiger partial charge in [0.1, 0.15) is 12.2 Å². The molecule has 0 atom stereocenters. The average Bonchev–Trinajstić information content (AvgIpc) is 2.87. The molecule has 1 aromatic carbocycles. The molecule has 2 aromatic rings. The summed E-state index contributed by atoms with van der Waals surface area (Å²) in [5.41, 5.74) is 0.427. The third-order valence-corrected chi connectivity index (χ3v) is 2.50. The van der Waals surface area contributed by atoms with Gasteiger partial charge >= 0.3 is 0 Å². The van der Waals surface area contributed by atoms with Gasteiger partial charge in [-0.1, -0.05) is 6.07 Å². The lowest BCUT2D eigenvalue weighted by molar-refractivity contribution is -0.120. The second-order valence-electron chi connectivity index (χ2n) is 3.96. The lowest BCUT2D eigenvalue weighted by atomic mass is 10.1. The molecule has 1 amide bonds. The second-order valence-corrected chi connectivity index (χ2v) is 3.96. The SMILES string of the molecule is O=C(Cc1ccc(F)c(F)c1)NCCc1ncn[nH]1. The standard InChI is InChI=1S/C12H12F2N4O/c13-9-2-1-8(5-10(9)14)6-12(19)15-4-3-11-16-7-17-18-11/h1-2,5,7H,3-4,6H2,(H,15,19)(H,16,17,18). The maximum Gasteiger partial charge on any atom is 0.224 e. The fraction of sp³-hybridized carbons (Fsp3) is 0.250. The Kier molecular flexibility index (Phi) is 4.17. The van der Waals surface area contributed by atoms with Crippen LogP contribution in [0.5, 0.6) is 0 Å². The first-order valence-corrected chi connectivity index (χ1v) is 5.70. The second kappa shape index (κ2) is 6.03. The molecular formula is C12H12F2N4O. The van der Waals surface area contributed by atoms with Crippen LogP contribution in [0, 0.1) is 11.6 Å². The first-order chi connectivity index (χ1) is 9.15. The van der Waals surface area contributed by atoms with Crippen molar-refractivity contribution in [2.75, 3.05) is 6.54 Å². The Morgan fingerprint density at radius 2 is 2.16 bits per heavy atom. The molecule has 0 aliphatic carbocycles. The van der Waals surface area contributed by atoms with Crippen molar-refractivity contribution >= 4 is 5.91 Å². The molecule has 0 spiro atoms. The van der Waals surface area contributed by atoms with Crippen molar-refractivity contribution in [2.45, 2.75) is 12.8 Å². The van der Waals surface area contributed by atoms with E-state index in [1.165, 1.54) is 12.4 Å². The predicted octanol–water partition coefficient (Wildman–Crippen LogP) is 0.984. The molecule has 0 saturated carbocycles. The van der Waals surface area contributed by atoms with Crippen molar-refractivity contribution in [2.24, 2.45) is 0 Å². The van der Waals surface area contributed by atoms with E-state index in [9.17, 15) is 13.6 Å². The number of H-pyrrole nitrogens is 1. The van der Waals surface area contributed by atoms with Crippen LogP contribution in [0.1, 0.15) is 11.4 Å². The number of nitrogens with one attached hydrogen (secondary N) is 2. The van der Waals surface area contributed by atoms with Crippen molar-refractivity contribution in [3.63, 3.8) is 0 Å². The molecule has 5 nitrogen and oxygen atoms in total. The fourth-order valence-corrected chi connectivity index (χ4v) is 1.57. The number of rotatable bonds is 5. The molecule has 2 N–H and O–H groups in total. The van der Waals surface area contributed by atoms with E-state index in [0.29, 0.717) is 24.4 Å². The zero-order chi connectivity index (χ0) is 13.7. The minimum atomic E-state index is -0.952. The predicted molar refractivity (Wildman–Crippen MR) is 63.2 cm³/mol. The number of nitrogens with zero attached hydrogens (tertiary/aromatic N) is 2. The van der Waals surface area contributed by atoms with Crippen LogP contribution in [-0.2, 0) is 17.6 Å². The highest BCUT2D eigenvalue weighted by Gasteiger charge is 2.07. The number of aromatic amines is 1. The fourth-order valence-electron chi connectivity index (χ4n) is 1.57. The molecule has 100 valence electrons. The van der Waals surface area contributed by atoms with E-state index in [1.807, 2.05) is 0 Å². The van der Waals surface area contributed by atoms with Gasteiger partial charge in [-0.15, -0.1) is 0 Å². The number of hydrogen-bond acceptors (Lipinski definition) is 3. The summed E-state index contributed by atoms with van der Waals surface area (Å²) in [6.45, 7) is 0.400. The quantitative estimate of drug-likeness (QED) is 0.847. The Morgan fingerprint density at radius 1 is 1.32 bits per heavy atom. The zero-order valence-corrected chi connectivity index (χ0v) is 9.99. The van der Waals surface area contributed by atoms with Gasteiger partial charge in [0.25, 0.3) is 0 Å². The van der Waals surface area contributed by atoms with E-state index < -0.39 is 11.6 Å². The highest BCUT2D eigenvalue weighted by atomic mass is 19.2. The Bertz CT molecular complexity index is 557. The molecule has 0 unspecified atom stereocenters. The smallest absolute Gasteiger partial charge is 0.224 e. The Labute approximate surface area is 108 Å². The lowest BCUT2D eigenvalue weighted by Gasteiger charge is -2.04. The van der Waals surface area contributed by atoms with Crippen LogP contribution in [-0.4, -0.2) is 27.6 Å².